The number of aryl methyl sites for hydroxylation is 1. The van der Waals surface area contributed by atoms with Crippen LogP contribution in [0.3, 0.4) is 0 Å². The maximum Gasteiger partial charge on any atom is 0.411 e. The largest absolute Gasteiger partial charge is 0.444 e. The number of rotatable bonds is 3. The van der Waals surface area contributed by atoms with Gasteiger partial charge in [-0.25, -0.2) is 9.78 Å². The molecule has 7 nitrogen and oxygen atoms in total. The molecule has 2 aromatic rings. The average molecular weight is 383 g/mol. The summed E-state index contributed by atoms with van der Waals surface area (Å²) in [5.41, 5.74) is 0.720. The fraction of sp³-hybridized carbons (Fsp3) is 0.562. The van der Waals surface area contributed by atoms with E-state index in [1.807, 2.05) is 39.3 Å². The van der Waals surface area contributed by atoms with Crippen LogP contribution in [0.15, 0.2) is 11.6 Å². The molecule has 0 spiro atoms. The molecule has 1 atom stereocenters. The van der Waals surface area contributed by atoms with Gasteiger partial charge < -0.3 is 10.1 Å². The molecule has 2 amide bonds. The molecule has 0 aliphatic carbocycles. The van der Waals surface area contributed by atoms with Gasteiger partial charge in [-0.2, -0.15) is 0 Å². The number of hydrogen-bond acceptors (Lipinski definition) is 6. The van der Waals surface area contributed by atoms with Crippen molar-refractivity contribution in [3.63, 3.8) is 0 Å². The van der Waals surface area contributed by atoms with E-state index in [-0.39, 0.29) is 18.0 Å². The van der Waals surface area contributed by atoms with E-state index in [0.29, 0.717) is 23.8 Å². The number of amides is 2. The number of carbonyl (C=O) groups excluding carboxylic acids is 2. The van der Waals surface area contributed by atoms with Gasteiger partial charge in [0.1, 0.15) is 11.3 Å². The predicted octanol–water partition coefficient (Wildman–Crippen LogP) is 2.74. The van der Waals surface area contributed by atoms with Gasteiger partial charge in [-0.1, -0.05) is 0 Å². The van der Waals surface area contributed by atoms with Crippen LogP contribution in [0.4, 0.5) is 4.79 Å². The fourth-order valence-corrected chi connectivity index (χ4v) is 4.58. The van der Waals surface area contributed by atoms with Crippen molar-refractivity contribution in [1.82, 2.24) is 19.6 Å². The molecule has 2 aromatic heterocycles. The van der Waals surface area contributed by atoms with Crippen molar-refractivity contribution in [1.29, 1.82) is 0 Å². The maximum atomic E-state index is 12.6. The summed E-state index contributed by atoms with van der Waals surface area (Å²) in [5, 5.41) is 4.84. The van der Waals surface area contributed by atoms with Gasteiger partial charge in [-0.15, -0.1) is 23.1 Å². The highest BCUT2D eigenvalue weighted by Crippen LogP contribution is 2.23. The Balaban J connectivity index is 1.64. The minimum atomic E-state index is -0.530. The Hall–Kier alpha value is -1.74. The topological polar surface area (TPSA) is 75.9 Å². The van der Waals surface area contributed by atoms with Crippen molar-refractivity contribution in [3.8, 4) is 0 Å². The molecule has 1 fully saturated rings. The third kappa shape index (κ3) is 3.92. The van der Waals surface area contributed by atoms with Crippen LogP contribution in [0.1, 0.15) is 37.0 Å². The third-order valence-electron chi connectivity index (χ3n) is 3.76. The minimum absolute atomic E-state index is 0.0741. The summed E-state index contributed by atoms with van der Waals surface area (Å²) in [5.74, 6) is 1.18. The van der Waals surface area contributed by atoms with Gasteiger partial charge in [-0.05, 0) is 27.7 Å². The zero-order valence-electron chi connectivity index (χ0n) is 14.7. The summed E-state index contributed by atoms with van der Waals surface area (Å²) in [4.78, 5) is 31.8. The average Bonchev–Trinajstić information content (AvgIpc) is 3.17. The Bertz CT molecular complexity index is 793. The first-order valence-corrected chi connectivity index (χ1v) is 10.1. The monoisotopic (exact) mass is 382 g/mol. The Kier molecular flexibility index (Phi) is 4.97. The second kappa shape index (κ2) is 6.87. The molecule has 3 heterocycles. The Morgan fingerprint density at radius 2 is 2.20 bits per heavy atom. The lowest BCUT2D eigenvalue weighted by Crippen LogP contribution is -2.46. The molecular weight excluding hydrogens is 360 g/mol. The lowest BCUT2D eigenvalue weighted by molar-refractivity contribution is 0.0239. The SMILES string of the molecule is Cc1nc2sccn2c1C(=O)NC[C@@H]1CSCN1C(=O)OC(C)(C)C. The first kappa shape index (κ1) is 18.1. The zero-order valence-corrected chi connectivity index (χ0v) is 16.4. The number of thioether (sulfide) groups is 1. The van der Waals surface area contributed by atoms with Crippen molar-refractivity contribution < 1.29 is 14.3 Å². The smallest absolute Gasteiger partial charge is 0.411 e. The number of thiazole rings is 1. The van der Waals surface area contributed by atoms with Crippen LogP contribution in [0.2, 0.25) is 0 Å². The number of nitrogens with zero attached hydrogens (tertiary/aromatic N) is 3. The molecule has 0 aromatic carbocycles. The van der Waals surface area contributed by atoms with Crippen molar-refractivity contribution in [2.45, 2.75) is 39.3 Å². The number of hydrogen-bond donors (Lipinski definition) is 1. The molecule has 1 N–H and O–H groups in total. The molecule has 0 radical (unpaired) electrons. The van der Waals surface area contributed by atoms with E-state index in [4.69, 9.17) is 4.74 Å². The van der Waals surface area contributed by atoms with Crippen molar-refractivity contribution >= 4 is 40.1 Å². The summed E-state index contributed by atoms with van der Waals surface area (Å²) in [6.07, 6.45) is 1.50. The summed E-state index contributed by atoms with van der Waals surface area (Å²) < 4.78 is 7.24. The lowest BCUT2D eigenvalue weighted by atomic mass is 10.2. The number of ether oxygens (including phenoxy) is 1. The summed E-state index contributed by atoms with van der Waals surface area (Å²) in [6.45, 7) is 7.76. The van der Waals surface area contributed by atoms with Gasteiger partial charge in [0.05, 0.1) is 17.6 Å². The summed E-state index contributed by atoms with van der Waals surface area (Å²) in [7, 11) is 0. The minimum Gasteiger partial charge on any atom is -0.444 e. The second-order valence-corrected chi connectivity index (χ2v) is 8.79. The van der Waals surface area contributed by atoms with Gasteiger partial charge in [0.2, 0.25) is 0 Å². The highest BCUT2D eigenvalue weighted by Gasteiger charge is 2.33. The quantitative estimate of drug-likeness (QED) is 0.883. The third-order valence-corrected chi connectivity index (χ3v) is 5.60. The Morgan fingerprint density at radius 3 is 2.92 bits per heavy atom. The van der Waals surface area contributed by atoms with Crippen molar-refractivity contribution in [3.05, 3.63) is 23.0 Å². The van der Waals surface area contributed by atoms with E-state index in [0.717, 1.165) is 10.7 Å². The molecule has 0 saturated carbocycles. The highest BCUT2D eigenvalue weighted by atomic mass is 32.2. The van der Waals surface area contributed by atoms with Crippen LogP contribution in [-0.2, 0) is 4.74 Å². The van der Waals surface area contributed by atoms with Crippen LogP contribution < -0.4 is 5.32 Å². The van der Waals surface area contributed by atoms with E-state index in [1.54, 1.807) is 21.1 Å². The second-order valence-electron chi connectivity index (χ2n) is 6.92. The van der Waals surface area contributed by atoms with Crippen molar-refractivity contribution in [2.75, 3.05) is 18.2 Å². The number of carbonyl (C=O) groups is 2. The first-order valence-electron chi connectivity index (χ1n) is 8.04. The van der Waals surface area contributed by atoms with E-state index < -0.39 is 5.60 Å². The van der Waals surface area contributed by atoms with Crippen LogP contribution >= 0.6 is 23.1 Å². The fourth-order valence-electron chi connectivity index (χ4n) is 2.64. The summed E-state index contributed by atoms with van der Waals surface area (Å²) in [6, 6.07) is -0.0741. The molecule has 136 valence electrons. The van der Waals surface area contributed by atoms with Gasteiger partial charge in [0.15, 0.2) is 4.96 Å². The van der Waals surface area contributed by atoms with Gasteiger partial charge >= 0.3 is 6.09 Å². The molecule has 1 aliphatic heterocycles. The summed E-state index contributed by atoms with van der Waals surface area (Å²) >= 11 is 3.15. The molecule has 9 heteroatoms. The van der Waals surface area contributed by atoms with E-state index >= 15 is 0 Å². The zero-order chi connectivity index (χ0) is 18.2. The van der Waals surface area contributed by atoms with E-state index in [1.165, 1.54) is 11.3 Å². The van der Waals surface area contributed by atoms with Gasteiger partial charge in [0, 0.05) is 23.9 Å². The van der Waals surface area contributed by atoms with Crippen LogP contribution in [0, 0.1) is 6.92 Å². The number of fused-ring (bicyclic) bond motifs is 1. The molecule has 3 rings (SSSR count). The molecule has 1 aliphatic rings. The number of nitrogens with one attached hydrogen (secondary N) is 1. The maximum absolute atomic E-state index is 12.6. The van der Waals surface area contributed by atoms with Gasteiger partial charge in [-0.3, -0.25) is 14.1 Å². The molecule has 0 bridgehead atoms. The van der Waals surface area contributed by atoms with E-state index in [2.05, 4.69) is 10.3 Å². The molecule has 0 unspecified atom stereocenters. The highest BCUT2D eigenvalue weighted by molar-refractivity contribution is 7.99. The Labute approximate surface area is 154 Å². The van der Waals surface area contributed by atoms with Gasteiger partial charge in [0.25, 0.3) is 5.91 Å². The predicted molar refractivity (Wildman–Crippen MR) is 99.3 cm³/mol. The normalized spacial score (nSPS) is 17.9. The lowest BCUT2D eigenvalue weighted by Gasteiger charge is -2.28. The number of imidazole rings is 1. The molecule has 1 saturated heterocycles. The van der Waals surface area contributed by atoms with E-state index in [9.17, 15) is 9.59 Å². The van der Waals surface area contributed by atoms with Crippen LogP contribution in [-0.4, -0.2) is 56.1 Å². The molecule has 25 heavy (non-hydrogen) atoms. The Morgan fingerprint density at radius 1 is 1.44 bits per heavy atom. The molecular formula is C16H22N4O3S2. The van der Waals surface area contributed by atoms with Crippen LogP contribution in [0.25, 0.3) is 4.96 Å². The van der Waals surface area contributed by atoms with Crippen molar-refractivity contribution in [2.24, 2.45) is 0 Å². The van der Waals surface area contributed by atoms with Crippen LogP contribution in [0.5, 0.6) is 0 Å². The standard InChI is InChI=1S/C16H22N4O3S2/c1-10-12(19-5-6-25-14(19)18-10)13(21)17-7-11-8-24-9-20(11)15(22)23-16(2,3)4/h5-6,11H,7-9H2,1-4H3,(H,17,21)/t11-/m1/s1. The first-order chi connectivity index (χ1) is 11.8. The number of aromatic nitrogens is 2.